The number of piperazine rings is 1. The third kappa shape index (κ3) is 3.68. The van der Waals surface area contributed by atoms with Gasteiger partial charge >= 0.3 is 0 Å². The van der Waals surface area contributed by atoms with Crippen LogP contribution in [0.2, 0.25) is 0 Å². The van der Waals surface area contributed by atoms with E-state index in [0.717, 1.165) is 6.54 Å². The maximum atomic E-state index is 12.3. The summed E-state index contributed by atoms with van der Waals surface area (Å²) < 4.78 is 0. The van der Waals surface area contributed by atoms with Crippen molar-refractivity contribution in [2.75, 3.05) is 19.6 Å². The lowest BCUT2D eigenvalue weighted by molar-refractivity contribution is 0.0709. The molecule has 19 heavy (non-hydrogen) atoms. The molecule has 0 spiro atoms. The molecule has 0 unspecified atom stereocenters. The lowest BCUT2D eigenvalue weighted by Gasteiger charge is -2.32. The van der Waals surface area contributed by atoms with Crippen LogP contribution in [-0.4, -0.2) is 42.4 Å². The van der Waals surface area contributed by atoms with Gasteiger partial charge in [-0.05, 0) is 25.1 Å². The van der Waals surface area contributed by atoms with E-state index in [2.05, 4.69) is 5.32 Å². The minimum atomic E-state index is -0.515. The minimum Gasteiger partial charge on any atom is -0.366 e. The summed E-state index contributed by atoms with van der Waals surface area (Å²) in [6.45, 7) is 4.20. The minimum absolute atomic E-state index is 0. The average Bonchev–Trinajstić information content (AvgIpc) is 2.38. The summed E-state index contributed by atoms with van der Waals surface area (Å²) in [7, 11) is 0. The average molecular weight is 284 g/mol. The second-order valence-electron chi connectivity index (χ2n) is 4.55. The highest BCUT2D eigenvalue weighted by Crippen LogP contribution is 2.10. The Morgan fingerprint density at radius 3 is 2.68 bits per heavy atom. The zero-order chi connectivity index (χ0) is 13.1. The Kier molecular flexibility index (Phi) is 5.32. The number of halogens is 1. The van der Waals surface area contributed by atoms with Crippen LogP contribution in [0.5, 0.6) is 0 Å². The molecule has 2 amide bonds. The van der Waals surface area contributed by atoms with Gasteiger partial charge in [-0.2, -0.15) is 0 Å². The van der Waals surface area contributed by atoms with E-state index in [1.165, 1.54) is 0 Å². The van der Waals surface area contributed by atoms with Crippen molar-refractivity contribution in [2.45, 2.75) is 13.0 Å². The lowest BCUT2D eigenvalue weighted by atomic mass is 10.1. The molecule has 1 heterocycles. The number of nitrogens with two attached hydrogens (primary N) is 1. The second kappa shape index (κ2) is 6.54. The third-order valence-corrected chi connectivity index (χ3v) is 3.05. The van der Waals surface area contributed by atoms with E-state index in [9.17, 15) is 9.59 Å². The number of amides is 2. The standard InChI is InChI=1S/C13H17N3O2.ClH/c1-9-8-16(6-5-15-9)13(18)11-4-2-3-10(7-11)12(14)17;/h2-4,7,9,15H,5-6,8H2,1H3,(H2,14,17);1H/t9-;/m0./s1. The summed E-state index contributed by atoms with van der Waals surface area (Å²) >= 11 is 0. The Morgan fingerprint density at radius 1 is 1.37 bits per heavy atom. The predicted molar refractivity (Wildman–Crippen MR) is 75.6 cm³/mol. The molecule has 1 aromatic rings. The summed E-state index contributed by atoms with van der Waals surface area (Å²) in [4.78, 5) is 25.2. The molecule has 0 radical (unpaired) electrons. The van der Waals surface area contributed by atoms with Gasteiger partial charge < -0.3 is 16.0 Å². The Balaban J connectivity index is 0.00000180. The maximum absolute atomic E-state index is 12.3. The molecule has 5 nitrogen and oxygen atoms in total. The summed E-state index contributed by atoms with van der Waals surface area (Å²) in [6.07, 6.45) is 0. The number of carbonyl (C=O) groups is 2. The highest BCUT2D eigenvalue weighted by molar-refractivity contribution is 5.99. The van der Waals surface area contributed by atoms with Crippen LogP contribution >= 0.6 is 12.4 Å². The van der Waals surface area contributed by atoms with Crippen molar-refractivity contribution in [3.8, 4) is 0 Å². The molecule has 0 aliphatic carbocycles. The van der Waals surface area contributed by atoms with E-state index in [1.54, 1.807) is 29.2 Å². The number of hydrogen-bond acceptors (Lipinski definition) is 3. The van der Waals surface area contributed by atoms with Crippen LogP contribution in [0.3, 0.4) is 0 Å². The molecule has 1 atom stereocenters. The van der Waals surface area contributed by atoms with Crippen molar-refractivity contribution in [3.63, 3.8) is 0 Å². The molecule has 1 aromatic carbocycles. The highest BCUT2D eigenvalue weighted by atomic mass is 35.5. The van der Waals surface area contributed by atoms with Crippen LogP contribution < -0.4 is 11.1 Å². The van der Waals surface area contributed by atoms with Gasteiger partial charge in [0.15, 0.2) is 0 Å². The van der Waals surface area contributed by atoms with Crippen LogP contribution in [0.25, 0.3) is 0 Å². The van der Waals surface area contributed by atoms with Crippen LogP contribution in [0.15, 0.2) is 24.3 Å². The lowest BCUT2D eigenvalue weighted by Crippen LogP contribution is -2.51. The molecule has 2 rings (SSSR count). The van der Waals surface area contributed by atoms with Gasteiger partial charge in [-0.3, -0.25) is 9.59 Å². The first kappa shape index (κ1) is 15.5. The number of nitrogens with one attached hydrogen (secondary N) is 1. The molecule has 6 heteroatoms. The Morgan fingerprint density at radius 2 is 2.05 bits per heavy atom. The van der Waals surface area contributed by atoms with E-state index in [1.807, 2.05) is 6.92 Å². The quantitative estimate of drug-likeness (QED) is 0.836. The third-order valence-electron chi connectivity index (χ3n) is 3.05. The number of carbonyl (C=O) groups excluding carboxylic acids is 2. The van der Waals surface area contributed by atoms with Crippen LogP contribution in [0.1, 0.15) is 27.6 Å². The van der Waals surface area contributed by atoms with Crippen molar-refractivity contribution >= 4 is 24.2 Å². The molecular weight excluding hydrogens is 266 g/mol. The van der Waals surface area contributed by atoms with Gasteiger partial charge in [0.2, 0.25) is 5.91 Å². The van der Waals surface area contributed by atoms with Gasteiger partial charge in [0.25, 0.3) is 5.91 Å². The first-order valence-electron chi connectivity index (χ1n) is 6.00. The Labute approximate surface area is 118 Å². The molecule has 1 aliphatic rings. The van der Waals surface area contributed by atoms with Crippen LogP contribution in [0.4, 0.5) is 0 Å². The van der Waals surface area contributed by atoms with Crippen LogP contribution in [0, 0.1) is 0 Å². The first-order chi connectivity index (χ1) is 8.58. The van der Waals surface area contributed by atoms with Crippen molar-refractivity contribution in [1.29, 1.82) is 0 Å². The Hall–Kier alpha value is -1.59. The molecule has 104 valence electrons. The van der Waals surface area contributed by atoms with Gasteiger partial charge in [-0.15, -0.1) is 12.4 Å². The first-order valence-corrected chi connectivity index (χ1v) is 6.00. The molecule has 1 aliphatic heterocycles. The van der Waals surface area contributed by atoms with Gasteiger partial charge in [0, 0.05) is 36.8 Å². The molecule has 1 fully saturated rings. The molecule has 0 bridgehead atoms. The van der Waals surface area contributed by atoms with Crippen molar-refractivity contribution in [3.05, 3.63) is 35.4 Å². The zero-order valence-electron chi connectivity index (χ0n) is 10.8. The second-order valence-corrected chi connectivity index (χ2v) is 4.55. The van der Waals surface area contributed by atoms with E-state index < -0.39 is 5.91 Å². The van der Waals surface area contributed by atoms with E-state index in [4.69, 9.17) is 5.73 Å². The predicted octanol–water partition coefficient (Wildman–Crippen LogP) is 0.641. The van der Waals surface area contributed by atoms with Crippen LogP contribution in [-0.2, 0) is 0 Å². The van der Waals surface area contributed by atoms with Crippen molar-refractivity contribution in [2.24, 2.45) is 5.73 Å². The SMILES string of the molecule is C[C@H]1CN(C(=O)c2cccc(C(N)=O)c2)CCN1.Cl. The monoisotopic (exact) mass is 283 g/mol. The summed E-state index contributed by atoms with van der Waals surface area (Å²) in [5, 5.41) is 3.28. The van der Waals surface area contributed by atoms with E-state index in [-0.39, 0.29) is 18.3 Å². The highest BCUT2D eigenvalue weighted by Gasteiger charge is 2.21. The summed E-state index contributed by atoms with van der Waals surface area (Å²) in [6, 6.07) is 6.85. The molecule has 0 aromatic heterocycles. The number of rotatable bonds is 2. The molecule has 3 N–H and O–H groups in total. The number of benzene rings is 1. The molecule has 1 saturated heterocycles. The Bertz CT molecular complexity index is 479. The van der Waals surface area contributed by atoms with Gasteiger partial charge in [0.1, 0.15) is 0 Å². The zero-order valence-corrected chi connectivity index (χ0v) is 11.6. The molecular formula is C13H18ClN3O2. The number of nitrogens with zero attached hydrogens (tertiary/aromatic N) is 1. The smallest absolute Gasteiger partial charge is 0.253 e. The van der Waals surface area contributed by atoms with E-state index >= 15 is 0 Å². The number of hydrogen-bond donors (Lipinski definition) is 2. The molecule has 0 saturated carbocycles. The van der Waals surface area contributed by atoms with Crippen molar-refractivity contribution in [1.82, 2.24) is 10.2 Å². The largest absolute Gasteiger partial charge is 0.366 e. The maximum Gasteiger partial charge on any atom is 0.253 e. The van der Waals surface area contributed by atoms with Gasteiger partial charge in [-0.1, -0.05) is 6.07 Å². The topological polar surface area (TPSA) is 75.4 Å². The summed E-state index contributed by atoms with van der Waals surface area (Å²) in [5.74, 6) is -0.565. The summed E-state index contributed by atoms with van der Waals surface area (Å²) in [5.41, 5.74) is 6.09. The fourth-order valence-corrected chi connectivity index (χ4v) is 2.10. The van der Waals surface area contributed by atoms with Gasteiger partial charge in [-0.25, -0.2) is 0 Å². The number of primary amides is 1. The fraction of sp³-hybridized carbons (Fsp3) is 0.385. The normalized spacial score (nSPS) is 18.6. The fourth-order valence-electron chi connectivity index (χ4n) is 2.10. The van der Waals surface area contributed by atoms with Crippen molar-refractivity contribution < 1.29 is 9.59 Å². The van der Waals surface area contributed by atoms with Gasteiger partial charge in [0.05, 0.1) is 0 Å². The van der Waals surface area contributed by atoms with E-state index in [0.29, 0.717) is 30.3 Å².